The average Bonchev–Trinajstić information content (AvgIpc) is 2.94. The highest BCUT2D eigenvalue weighted by atomic mass is 32.2. The van der Waals surface area contributed by atoms with E-state index in [1.165, 1.54) is 10.5 Å². The molecule has 0 radical (unpaired) electrons. The Bertz CT molecular complexity index is 559. The highest BCUT2D eigenvalue weighted by Gasteiger charge is 2.29. The van der Waals surface area contributed by atoms with Gasteiger partial charge in [-0.1, -0.05) is 6.92 Å². The molecule has 7 heteroatoms. The molecule has 1 aliphatic heterocycles. The number of nitrogens with zero attached hydrogens (tertiary/aromatic N) is 3. The molecule has 2 heterocycles. The minimum absolute atomic E-state index is 0.241. The maximum absolute atomic E-state index is 12.6. The van der Waals surface area contributed by atoms with Gasteiger partial charge in [0.1, 0.15) is 10.7 Å². The van der Waals surface area contributed by atoms with Gasteiger partial charge in [-0.25, -0.2) is 13.4 Å². The number of anilines is 1. The first-order chi connectivity index (χ1) is 9.98. The summed E-state index contributed by atoms with van der Waals surface area (Å²) in [6.45, 7) is 4.68. The molecule has 2 rings (SSSR count). The molecule has 1 aromatic rings. The molecule has 0 bridgehead atoms. The van der Waals surface area contributed by atoms with Gasteiger partial charge in [0.05, 0.1) is 0 Å². The predicted octanol–water partition coefficient (Wildman–Crippen LogP) is 1.23. The number of likely N-dealkylation sites (N-methyl/N-ethyl adjacent to an activating group) is 2. The van der Waals surface area contributed by atoms with Gasteiger partial charge in [0, 0.05) is 32.9 Å². The van der Waals surface area contributed by atoms with Crippen molar-refractivity contribution in [2.45, 2.75) is 30.7 Å². The third kappa shape index (κ3) is 3.53. The van der Waals surface area contributed by atoms with Gasteiger partial charge in [0.25, 0.3) is 0 Å². The zero-order valence-electron chi connectivity index (χ0n) is 12.9. The molecule has 1 unspecified atom stereocenters. The van der Waals surface area contributed by atoms with E-state index in [1.54, 1.807) is 26.2 Å². The molecular weight excluding hydrogens is 288 g/mol. The average molecular weight is 312 g/mol. The number of nitrogens with one attached hydrogen (secondary N) is 1. The van der Waals surface area contributed by atoms with Crippen LogP contribution in [0.1, 0.15) is 19.8 Å². The summed E-state index contributed by atoms with van der Waals surface area (Å²) in [5.41, 5.74) is 0. The monoisotopic (exact) mass is 312 g/mol. The van der Waals surface area contributed by atoms with Crippen LogP contribution in [-0.4, -0.2) is 62.4 Å². The zero-order chi connectivity index (χ0) is 15.5. The summed E-state index contributed by atoms with van der Waals surface area (Å²) in [5, 5.41) is 2.88. The summed E-state index contributed by atoms with van der Waals surface area (Å²) in [6.07, 6.45) is 3.61. The summed E-state index contributed by atoms with van der Waals surface area (Å²) in [6, 6.07) is 3.59. The van der Waals surface area contributed by atoms with Gasteiger partial charge in [-0.3, -0.25) is 4.90 Å². The van der Waals surface area contributed by atoms with E-state index in [1.807, 2.05) is 0 Å². The zero-order valence-corrected chi connectivity index (χ0v) is 13.7. The lowest BCUT2D eigenvalue weighted by atomic mass is 10.2. The second kappa shape index (κ2) is 6.72. The first-order valence-corrected chi connectivity index (χ1v) is 8.77. The minimum Gasteiger partial charge on any atom is -0.373 e. The quantitative estimate of drug-likeness (QED) is 0.856. The minimum atomic E-state index is -3.47. The van der Waals surface area contributed by atoms with Crippen molar-refractivity contribution >= 4 is 15.8 Å². The smallest absolute Gasteiger partial charge is 0.244 e. The normalized spacial score (nSPS) is 20.1. The number of likely N-dealkylation sites (tertiary alicyclic amines) is 1. The lowest BCUT2D eigenvalue weighted by molar-refractivity contribution is 0.237. The van der Waals surface area contributed by atoms with Crippen LogP contribution in [0.15, 0.2) is 23.2 Å². The summed E-state index contributed by atoms with van der Waals surface area (Å²) < 4.78 is 26.6. The molecule has 1 saturated heterocycles. The van der Waals surface area contributed by atoms with Gasteiger partial charge in [-0.05, 0) is 38.1 Å². The summed E-state index contributed by atoms with van der Waals surface area (Å²) in [5.74, 6) is 0.657. The number of pyridine rings is 1. The molecule has 1 aliphatic rings. The van der Waals surface area contributed by atoms with Gasteiger partial charge in [-0.15, -0.1) is 0 Å². The van der Waals surface area contributed by atoms with Gasteiger partial charge < -0.3 is 5.32 Å². The third-order valence-corrected chi connectivity index (χ3v) is 5.88. The van der Waals surface area contributed by atoms with E-state index >= 15 is 0 Å². The summed E-state index contributed by atoms with van der Waals surface area (Å²) >= 11 is 0. The van der Waals surface area contributed by atoms with Crippen LogP contribution in [0.3, 0.4) is 0 Å². The third-order valence-electron chi connectivity index (χ3n) is 4.07. The Balaban J connectivity index is 2.10. The van der Waals surface area contributed by atoms with Crippen LogP contribution < -0.4 is 5.32 Å². The molecule has 0 aromatic carbocycles. The standard InChI is InChI=1S/C14H24N4O2S/c1-4-18-9-5-6-12(18)11-17(3)21(19,20)13-7-8-14(15-2)16-10-13/h7-8,10,12H,4-6,9,11H2,1-3H3,(H,15,16). The molecule has 1 N–H and O–H groups in total. The molecule has 0 spiro atoms. The van der Waals surface area contributed by atoms with E-state index < -0.39 is 10.0 Å². The number of rotatable bonds is 6. The predicted molar refractivity (Wildman–Crippen MR) is 83.9 cm³/mol. The fourth-order valence-corrected chi connectivity index (χ4v) is 3.93. The van der Waals surface area contributed by atoms with Crippen molar-refractivity contribution in [1.82, 2.24) is 14.2 Å². The number of hydrogen-bond acceptors (Lipinski definition) is 5. The maximum Gasteiger partial charge on any atom is 0.244 e. The van der Waals surface area contributed by atoms with Crippen molar-refractivity contribution in [3.8, 4) is 0 Å². The molecule has 118 valence electrons. The SMILES string of the molecule is CCN1CCCC1CN(C)S(=O)(=O)c1ccc(NC)nc1. The van der Waals surface area contributed by atoms with Gasteiger partial charge in [0.2, 0.25) is 10.0 Å². The van der Waals surface area contributed by atoms with Crippen LogP contribution in [0.25, 0.3) is 0 Å². The first-order valence-electron chi connectivity index (χ1n) is 7.33. The van der Waals surface area contributed by atoms with E-state index in [0.29, 0.717) is 18.4 Å². The van der Waals surface area contributed by atoms with Crippen molar-refractivity contribution in [3.05, 3.63) is 18.3 Å². The largest absolute Gasteiger partial charge is 0.373 e. The second-order valence-electron chi connectivity index (χ2n) is 5.34. The highest BCUT2D eigenvalue weighted by molar-refractivity contribution is 7.89. The van der Waals surface area contributed by atoms with Crippen molar-refractivity contribution in [2.75, 3.05) is 39.0 Å². The summed E-state index contributed by atoms with van der Waals surface area (Å²) in [4.78, 5) is 6.66. The molecule has 0 amide bonds. The van der Waals surface area contributed by atoms with Crippen molar-refractivity contribution in [1.29, 1.82) is 0 Å². The molecule has 1 fully saturated rings. The van der Waals surface area contributed by atoms with Crippen molar-refractivity contribution < 1.29 is 8.42 Å². The Hall–Kier alpha value is -1.18. The van der Waals surface area contributed by atoms with E-state index in [4.69, 9.17) is 0 Å². The Morgan fingerprint density at radius 3 is 2.81 bits per heavy atom. The van der Waals surface area contributed by atoms with E-state index in [-0.39, 0.29) is 4.90 Å². The number of sulfonamides is 1. The fraction of sp³-hybridized carbons (Fsp3) is 0.643. The number of hydrogen-bond donors (Lipinski definition) is 1. The Morgan fingerprint density at radius 1 is 1.48 bits per heavy atom. The van der Waals surface area contributed by atoms with Crippen LogP contribution in [0, 0.1) is 0 Å². The molecule has 1 aromatic heterocycles. The molecule has 6 nitrogen and oxygen atoms in total. The lowest BCUT2D eigenvalue weighted by Crippen LogP contribution is -2.41. The highest BCUT2D eigenvalue weighted by Crippen LogP contribution is 2.21. The molecule has 0 saturated carbocycles. The Kier molecular flexibility index (Phi) is 5.18. The Labute approximate surface area is 127 Å². The van der Waals surface area contributed by atoms with Gasteiger partial charge >= 0.3 is 0 Å². The van der Waals surface area contributed by atoms with Gasteiger partial charge in [0.15, 0.2) is 0 Å². The maximum atomic E-state index is 12.6. The van der Waals surface area contributed by atoms with E-state index in [2.05, 4.69) is 22.1 Å². The molecule has 21 heavy (non-hydrogen) atoms. The van der Waals surface area contributed by atoms with Crippen molar-refractivity contribution in [2.24, 2.45) is 0 Å². The molecule has 0 aliphatic carbocycles. The van der Waals surface area contributed by atoms with Crippen LogP contribution >= 0.6 is 0 Å². The van der Waals surface area contributed by atoms with Crippen LogP contribution in [-0.2, 0) is 10.0 Å². The van der Waals surface area contributed by atoms with Crippen LogP contribution in [0.2, 0.25) is 0 Å². The second-order valence-corrected chi connectivity index (χ2v) is 7.38. The molecular formula is C14H24N4O2S. The van der Waals surface area contributed by atoms with E-state index in [0.717, 1.165) is 25.9 Å². The van der Waals surface area contributed by atoms with Crippen LogP contribution in [0.4, 0.5) is 5.82 Å². The fourth-order valence-electron chi connectivity index (χ4n) is 2.77. The topological polar surface area (TPSA) is 65.5 Å². The molecule has 1 atom stereocenters. The van der Waals surface area contributed by atoms with Crippen molar-refractivity contribution in [3.63, 3.8) is 0 Å². The number of aromatic nitrogens is 1. The Morgan fingerprint density at radius 2 is 2.24 bits per heavy atom. The lowest BCUT2D eigenvalue weighted by Gasteiger charge is -2.27. The van der Waals surface area contributed by atoms with Gasteiger partial charge in [-0.2, -0.15) is 4.31 Å². The first kappa shape index (κ1) is 16.2. The van der Waals surface area contributed by atoms with Crippen LogP contribution in [0.5, 0.6) is 0 Å². The summed E-state index contributed by atoms with van der Waals surface area (Å²) in [7, 11) is -0.0683. The van der Waals surface area contributed by atoms with E-state index in [9.17, 15) is 8.42 Å².